The highest BCUT2D eigenvalue weighted by Crippen LogP contribution is 2.35. The second kappa shape index (κ2) is 16.4. The van der Waals surface area contributed by atoms with Crippen LogP contribution in [0.3, 0.4) is 0 Å². The number of rotatable bonds is 14. The summed E-state index contributed by atoms with van der Waals surface area (Å²) in [6.45, 7) is 4.60. The van der Waals surface area contributed by atoms with Crippen molar-refractivity contribution in [1.29, 1.82) is 0 Å². The second-order valence-electron chi connectivity index (χ2n) is 9.09. The summed E-state index contributed by atoms with van der Waals surface area (Å²) in [6.07, 6.45) is 18.9. The molecule has 30 heavy (non-hydrogen) atoms. The van der Waals surface area contributed by atoms with E-state index in [9.17, 15) is 0 Å². The Morgan fingerprint density at radius 1 is 0.533 bits per heavy atom. The van der Waals surface area contributed by atoms with Gasteiger partial charge in [0.25, 0.3) is 0 Å². The highest BCUT2D eigenvalue weighted by molar-refractivity contribution is 6.35. The monoisotopic (exact) mass is 422 g/mol. The maximum absolute atomic E-state index is 2.30. The number of benzene rings is 2. The highest BCUT2D eigenvalue weighted by atomic mass is 28.2. The molecule has 1 aliphatic carbocycles. The minimum absolute atomic E-state index is 0.332. The molecule has 0 amide bonds. The lowest BCUT2D eigenvalue weighted by atomic mass is 10.1. The molecule has 0 spiro atoms. The van der Waals surface area contributed by atoms with E-state index in [1.807, 2.05) is 0 Å². The van der Waals surface area contributed by atoms with Gasteiger partial charge in [-0.3, -0.25) is 0 Å². The lowest BCUT2D eigenvalue weighted by molar-refractivity contribution is 0.618. The van der Waals surface area contributed by atoms with Crippen LogP contribution in [-0.4, -0.2) is 9.52 Å². The molecule has 0 radical (unpaired) electrons. The zero-order chi connectivity index (χ0) is 21.3. The van der Waals surface area contributed by atoms with Crippen LogP contribution in [0.4, 0.5) is 0 Å². The van der Waals surface area contributed by atoms with E-state index in [2.05, 4.69) is 62.4 Å². The standard InChI is InChI=1S/C16H36Si.C13H10/c1-3-5-7-9-11-13-15-17-16-14-12-10-8-6-4-2;1-3-7-12-10(5-1)9-11-6-2-4-8-13(11)12/h3-17H2,1-2H3;1-8H,9H2. The SMILES string of the molecule is CCCCCCCC[SiH2]CCCCCCCC.c1ccc2c(c1)Cc1ccccc1-2. The maximum Gasteiger partial charge on any atom is 0.0197 e. The van der Waals surface area contributed by atoms with Crippen molar-refractivity contribution in [3.8, 4) is 11.1 Å². The van der Waals surface area contributed by atoms with E-state index in [0.717, 1.165) is 6.42 Å². The first kappa shape index (κ1) is 24.9. The van der Waals surface area contributed by atoms with Gasteiger partial charge in [-0.25, -0.2) is 0 Å². The number of fused-ring (bicyclic) bond motifs is 3. The summed E-state index contributed by atoms with van der Waals surface area (Å²) in [7, 11) is 0.332. The van der Waals surface area contributed by atoms with Crippen LogP contribution in [0, 0.1) is 0 Å². The Bertz CT molecular complexity index is 618. The second-order valence-corrected chi connectivity index (χ2v) is 11.2. The van der Waals surface area contributed by atoms with Gasteiger partial charge in [-0.05, 0) is 28.7 Å². The average molecular weight is 423 g/mol. The highest BCUT2D eigenvalue weighted by Gasteiger charge is 2.15. The smallest absolute Gasteiger partial charge is 0.0197 e. The predicted octanol–water partition coefficient (Wildman–Crippen LogP) is 8.97. The third-order valence-corrected chi connectivity index (χ3v) is 8.41. The van der Waals surface area contributed by atoms with Crippen molar-refractivity contribution in [1.82, 2.24) is 0 Å². The van der Waals surface area contributed by atoms with E-state index in [1.54, 1.807) is 24.9 Å². The molecule has 2 aromatic rings. The molecule has 0 aliphatic heterocycles. The Morgan fingerprint density at radius 2 is 0.933 bits per heavy atom. The first-order chi connectivity index (χ1) is 14.9. The number of unbranched alkanes of at least 4 members (excludes halogenated alkanes) is 10. The van der Waals surface area contributed by atoms with Gasteiger partial charge in [0.05, 0.1) is 0 Å². The van der Waals surface area contributed by atoms with Gasteiger partial charge >= 0.3 is 0 Å². The van der Waals surface area contributed by atoms with Gasteiger partial charge in [-0.1, -0.05) is 152 Å². The molecule has 1 aliphatic rings. The van der Waals surface area contributed by atoms with Crippen LogP contribution in [0.25, 0.3) is 11.1 Å². The summed E-state index contributed by atoms with van der Waals surface area (Å²) < 4.78 is 0. The molecule has 0 nitrogen and oxygen atoms in total. The molecule has 0 unspecified atom stereocenters. The molecule has 0 aromatic heterocycles. The number of hydrogen-bond acceptors (Lipinski definition) is 0. The van der Waals surface area contributed by atoms with E-state index in [4.69, 9.17) is 0 Å². The van der Waals surface area contributed by atoms with E-state index >= 15 is 0 Å². The van der Waals surface area contributed by atoms with Gasteiger partial charge < -0.3 is 0 Å². The van der Waals surface area contributed by atoms with Gasteiger partial charge in [0, 0.05) is 9.52 Å². The summed E-state index contributed by atoms with van der Waals surface area (Å²) in [4.78, 5) is 0. The fraction of sp³-hybridized carbons (Fsp3) is 0.586. The largest absolute Gasteiger partial charge is 0.0654 e. The van der Waals surface area contributed by atoms with Crippen molar-refractivity contribution in [2.75, 3.05) is 0 Å². The van der Waals surface area contributed by atoms with E-state index in [1.165, 1.54) is 86.5 Å². The third-order valence-electron chi connectivity index (χ3n) is 6.41. The summed E-state index contributed by atoms with van der Waals surface area (Å²) in [6, 6.07) is 20.6. The van der Waals surface area contributed by atoms with E-state index < -0.39 is 0 Å². The molecule has 0 heterocycles. The van der Waals surface area contributed by atoms with Crippen molar-refractivity contribution in [2.24, 2.45) is 0 Å². The molecule has 0 atom stereocenters. The molecular formula is C29H46Si. The van der Waals surface area contributed by atoms with Crippen LogP contribution in [0.15, 0.2) is 48.5 Å². The molecule has 0 N–H and O–H groups in total. The van der Waals surface area contributed by atoms with Gasteiger partial charge in [-0.2, -0.15) is 0 Å². The van der Waals surface area contributed by atoms with Crippen molar-refractivity contribution in [2.45, 2.75) is 109 Å². The summed E-state index contributed by atoms with van der Waals surface area (Å²) >= 11 is 0. The molecule has 3 rings (SSSR count). The third kappa shape index (κ3) is 9.64. The fourth-order valence-corrected chi connectivity index (χ4v) is 6.29. The van der Waals surface area contributed by atoms with Crippen LogP contribution in [0.1, 0.15) is 102 Å². The Balaban J connectivity index is 0.000000218. The molecular weight excluding hydrogens is 376 g/mol. The molecule has 2 aromatic carbocycles. The van der Waals surface area contributed by atoms with Crippen molar-refractivity contribution < 1.29 is 0 Å². The quantitative estimate of drug-likeness (QED) is 0.179. The predicted molar refractivity (Wildman–Crippen MR) is 140 cm³/mol. The zero-order valence-electron chi connectivity index (χ0n) is 19.9. The van der Waals surface area contributed by atoms with Gasteiger partial charge in [0.15, 0.2) is 0 Å². The molecule has 166 valence electrons. The van der Waals surface area contributed by atoms with Gasteiger partial charge in [0.2, 0.25) is 0 Å². The summed E-state index contributed by atoms with van der Waals surface area (Å²) in [5.41, 5.74) is 5.75. The molecule has 0 bridgehead atoms. The van der Waals surface area contributed by atoms with Crippen LogP contribution < -0.4 is 0 Å². The molecule has 0 saturated carbocycles. The van der Waals surface area contributed by atoms with Crippen molar-refractivity contribution in [3.05, 3.63) is 59.7 Å². The average Bonchev–Trinajstić information content (AvgIpc) is 3.16. The van der Waals surface area contributed by atoms with Crippen molar-refractivity contribution in [3.63, 3.8) is 0 Å². The van der Waals surface area contributed by atoms with E-state index in [0.29, 0.717) is 9.52 Å². The fourth-order valence-electron chi connectivity index (χ4n) is 4.52. The lowest BCUT2D eigenvalue weighted by Crippen LogP contribution is -1.90. The van der Waals surface area contributed by atoms with Gasteiger partial charge in [0.1, 0.15) is 0 Å². The lowest BCUT2D eigenvalue weighted by Gasteiger charge is -2.02. The Kier molecular flexibility index (Phi) is 13.6. The Labute approximate surface area is 189 Å². The Hall–Kier alpha value is -1.34. The van der Waals surface area contributed by atoms with Gasteiger partial charge in [-0.15, -0.1) is 0 Å². The first-order valence-corrected chi connectivity index (χ1v) is 15.0. The molecule has 0 saturated heterocycles. The summed E-state index contributed by atoms with van der Waals surface area (Å²) in [5.74, 6) is 0. The van der Waals surface area contributed by atoms with Crippen LogP contribution >= 0.6 is 0 Å². The van der Waals surface area contributed by atoms with Crippen LogP contribution in [0.2, 0.25) is 12.1 Å². The maximum atomic E-state index is 2.30. The zero-order valence-corrected chi connectivity index (χ0v) is 21.3. The van der Waals surface area contributed by atoms with Crippen LogP contribution in [0.5, 0.6) is 0 Å². The van der Waals surface area contributed by atoms with E-state index in [-0.39, 0.29) is 0 Å². The summed E-state index contributed by atoms with van der Waals surface area (Å²) in [5, 5.41) is 0. The molecule has 1 heteroatoms. The normalized spacial score (nSPS) is 11.5. The van der Waals surface area contributed by atoms with Crippen molar-refractivity contribution >= 4 is 9.52 Å². The van der Waals surface area contributed by atoms with Crippen LogP contribution in [-0.2, 0) is 6.42 Å². The minimum Gasteiger partial charge on any atom is -0.0654 e. The Morgan fingerprint density at radius 3 is 1.40 bits per heavy atom. The number of hydrogen-bond donors (Lipinski definition) is 0. The topological polar surface area (TPSA) is 0 Å². The molecule has 0 fully saturated rings. The first-order valence-electron chi connectivity index (χ1n) is 13.0. The minimum atomic E-state index is 0.332.